The summed E-state index contributed by atoms with van der Waals surface area (Å²) in [5.74, 6) is 0.733. The number of hydrogen-bond donors (Lipinski definition) is 0. The Morgan fingerprint density at radius 3 is 2.56 bits per heavy atom. The fourth-order valence-electron chi connectivity index (χ4n) is 3.21. The van der Waals surface area contributed by atoms with Crippen LogP contribution in [0, 0.1) is 17.0 Å². The molecule has 0 saturated heterocycles. The highest BCUT2D eigenvalue weighted by molar-refractivity contribution is 5.64. The van der Waals surface area contributed by atoms with Crippen LogP contribution >= 0.6 is 0 Å². The molecule has 0 fully saturated rings. The van der Waals surface area contributed by atoms with E-state index < -0.39 is 4.92 Å². The first kappa shape index (κ1) is 17.0. The zero-order chi connectivity index (χ0) is 18.8. The van der Waals surface area contributed by atoms with Gasteiger partial charge in [0.25, 0.3) is 0 Å². The first-order valence-electron chi connectivity index (χ1n) is 8.67. The Morgan fingerprint density at radius 2 is 1.81 bits per heavy atom. The predicted molar refractivity (Wildman–Crippen MR) is 101 cm³/mol. The van der Waals surface area contributed by atoms with Crippen molar-refractivity contribution in [3.8, 4) is 11.6 Å². The van der Waals surface area contributed by atoms with Crippen LogP contribution in [0.2, 0.25) is 0 Å². The number of nitro groups is 1. The van der Waals surface area contributed by atoms with E-state index >= 15 is 0 Å². The van der Waals surface area contributed by atoms with Crippen molar-refractivity contribution in [1.29, 1.82) is 0 Å². The maximum absolute atomic E-state index is 11.8. The Bertz CT molecular complexity index is 989. The second-order valence-corrected chi connectivity index (χ2v) is 6.46. The third-order valence-electron chi connectivity index (χ3n) is 4.62. The van der Waals surface area contributed by atoms with Crippen molar-refractivity contribution in [2.24, 2.45) is 0 Å². The number of fused-ring (bicyclic) bond motifs is 1. The predicted octanol–water partition coefficient (Wildman–Crippen LogP) is 4.05. The number of benzene rings is 2. The lowest BCUT2D eigenvalue weighted by atomic mass is 10.00. The van der Waals surface area contributed by atoms with Gasteiger partial charge in [-0.25, -0.2) is 4.98 Å². The Labute approximate surface area is 156 Å². The van der Waals surface area contributed by atoms with Crippen LogP contribution in [0.25, 0.3) is 0 Å². The van der Waals surface area contributed by atoms with Gasteiger partial charge < -0.3 is 9.64 Å². The van der Waals surface area contributed by atoms with Crippen LogP contribution in [0.5, 0.6) is 11.6 Å². The molecule has 0 N–H and O–H groups in total. The molecule has 0 atom stereocenters. The molecule has 0 bridgehead atoms. The van der Waals surface area contributed by atoms with Gasteiger partial charge in [0.1, 0.15) is 12.1 Å². The molecule has 0 saturated carbocycles. The molecule has 4 rings (SSSR count). The van der Waals surface area contributed by atoms with Crippen molar-refractivity contribution in [3.63, 3.8) is 0 Å². The summed E-state index contributed by atoms with van der Waals surface area (Å²) >= 11 is 0. The lowest BCUT2D eigenvalue weighted by molar-refractivity contribution is -0.385. The van der Waals surface area contributed by atoms with E-state index in [0.29, 0.717) is 18.8 Å². The lowest BCUT2D eigenvalue weighted by Crippen LogP contribution is -2.31. The van der Waals surface area contributed by atoms with Crippen LogP contribution in [0.15, 0.2) is 54.9 Å². The van der Waals surface area contributed by atoms with Gasteiger partial charge in [0.05, 0.1) is 4.92 Å². The van der Waals surface area contributed by atoms with Gasteiger partial charge in [-0.15, -0.1) is 0 Å². The molecule has 1 aliphatic heterocycles. The van der Waals surface area contributed by atoms with Crippen LogP contribution in [0.4, 0.5) is 11.5 Å². The molecule has 2 aromatic carbocycles. The third-order valence-corrected chi connectivity index (χ3v) is 4.62. The Kier molecular flexibility index (Phi) is 4.42. The molecule has 0 aliphatic carbocycles. The monoisotopic (exact) mass is 362 g/mol. The zero-order valence-corrected chi connectivity index (χ0v) is 14.8. The molecule has 0 radical (unpaired) electrons. The second kappa shape index (κ2) is 7.03. The summed E-state index contributed by atoms with van der Waals surface area (Å²) in [4.78, 5) is 21.4. The number of aromatic nitrogens is 2. The van der Waals surface area contributed by atoms with Crippen molar-refractivity contribution < 1.29 is 9.66 Å². The highest BCUT2D eigenvalue weighted by atomic mass is 16.6. The normalized spacial score (nSPS) is 13.1. The quantitative estimate of drug-likeness (QED) is 0.514. The average molecular weight is 362 g/mol. The summed E-state index contributed by atoms with van der Waals surface area (Å²) in [5, 5.41) is 11.8. The van der Waals surface area contributed by atoms with E-state index in [1.165, 1.54) is 11.9 Å². The summed E-state index contributed by atoms with van der Waals surface area (Å²) in [5.41, 5.74) is 3.28. The fraction of sp³-hybridized carbons (Fsp3) is 0.200. The topological polar surface area (TPSA) is 81.4 Å². The van der Waals surface area contributed by atoms with Gasteiger partial charge >= 0.3 is 11.6 Å². The molecule has 136 valence electrons. The van der Waals surface area contributed by atoms with Crippen molar-refractivity contribution in [1.82, 2.24) is 9.97 Å². The minimum atomic E-state index is -0.473. The van der Waals surface area contributed by atoms with E-state index in [0.717, 1.165) is 17.5 Å². The smallest absolute Gasteiger partial charge is 0.373 e. The molecular formula is C20H18N4O3. The van der Waals surface area contributed by atoms with Gasteiger partial charge in [0, 0.05) is 13.1 Å². The number of nitrogens with zero attached hydrogens (tertiary/aromatic N) is 4. The Balaban J connectivity index is 1.69. The second-order valence-electron chi connectivity index (χ2n) is 6.46. The van der Waals surface area contributed by atoms with Crippen molar-refractivity contribution >= 4 is 11.5 Å². The van der Waals surface area contributed by atoms with E-state index in [9.17, 15) is 10.1 Å². The Morgan fingerprint density at radius 1 is 1.07 bits per heavy atom. The maximum atomic E-state index is 11.8. The van der Waals surface area contributed by atoms with Crippen LogP contribution in [-0.4, -0.2) is 21.4 Å². The van der Waals surface area contributed by atoms with Crippen molar-refractivity contribution in [2.75, 3.05) is 11.4 Å². The third kappa shape index (κ3) is 3.44. The van der Waals surface area contributed by atoms with Crippen LogP contribution in [0.3, 0.4) is 0 Å². The number of hydrogen-bond acceptors (Lipinski definition) is 6. The molecule has 1 aliphatic rings. The summed E-state index contributed by atoms with van der Waals surface area (Å²) in [6, 6.07) is 15.4. The van der Waals surface area contributed by atoms with Crippen LogP contribution in [-0.2, 0) is 13.0 Å². The molecule has 0 unspecified atom stereocenters. The largest absolute Gasteiger partial charge is 0.434 e. The summed E-state index contributed by atoms with van der Waals surface area (Å²) < 4.78 is 5.71. The van der Waals surface area contributed by atoms with Crippen molar-refractivity contribution in [3.05, 3.63) is 81.7 Å². The molecule has 0 spiro atoms. The molecule has 27 heavy (non-hydrogen) atoms. The molecule has 7 heteroatoms. The van der Waals surface area contributed by atoms with Gasteiger partial charge in [-0.3, -0.25) is 10.1 Å². The number of aryl methyl sites for hydroxylation is 1. The summed E-state index contributed by atoms with van der Waals surface area (Å²) in [7, 11) is 0. The maximum Gasteiger partial charge on any atom is 0.373 e. The van der Waals surface area contributed by atoms with Gasteiger partial charge in [-0.2, -0.15) is 4.98 Å². The molecule has 3 aromatic rings. The highest BCUT2D eigenvalue weighted by Gasteiger charge is 2.30. The van der Waals surface area contributed by atoms with Gasteiger partial charge in [0.15, 0.2) is 0 Å². The van der Waals surface area contributed by atoms with E-state index in [-0.39, 0.29) is 17.4 Å². The fourth-order valence-corrected chi connectivity index (χ4v) is 3.21. The molecule has 7 nitrogen and oxygen atoms in total. The first-order chi connectivity index (χ1) is 13.1. The van der Waals surface area contributed by atoms with Crippen molar-refractivity contribution in [2.45, 2.75) is 19.9 Å². The number of anilines is 1. The SMILES string of the molecule is Cc1ccc(Oc2ncnc(N3CCc4ccccc4C3)c2[N+](=O)[O-])cc1. The molecule has 2 heterocycles. The Hall–Kier alpha value is -3.48. The lowest BCUT2D eigenvalue weighted by Gasteiger charge is -2.29. The summed E-state index contributed by atoms with van der Waals surface area (Å²) in [6.45, 7) is 3.18. The first-order valence-corrected chi connectivity index (χ1v) is 8.67. The highest BCUT2D eigenvalue weighted by Crippen LogP contribution is 2.37. The van der Waals surface area contributed by atoms with Crippen LogP contribution in [0.1, 0.15) is 16.7 Å². The standard InChI is InChI=1S/C20H18N4O3/c1-14-6-8-17(9-7-14)27-20-18(24(25)26)19(21-13-22-20)23-11-10-15-4-2-3-5-16(15)12-23/h2-9,13H,10-12H2,1H3. The van der Waals surface area contributed by atoms with Gasteiger partial charge in [-0.1, -0.05) is 42.0 Å². The minimum Gasteiger partial charge on any atom is -0.434 e. The van der Waals surface area contributed by atoms with E-state index in [1.807, 2.05) is 42.2 Å². The molecule has 1 aromatic heterocycles. The van der Waals surface area contributed by atoms with E-state index in [1.54, 1.807) is 12.1 Å². The molecular weight excluding hydrogens is 344 g/mol. The summed E-state index contributed by atoms with van der Waals surface area (Å²) in [6.07, 6.45) is 2.12. The van der Waals surface area contributed by atoms with Gasteiger partial charge in [-0.05, 0) is 36.6 Å². The minimum absolute atomic E-state index is 0.0484. The van der Waals surface area contributed by atoms with Gasteiger partial charge in [0.2, 0.25) is 5.82 Å². The van der Waals surface area contributed by atoms with Crippen LogP contribution < -0.4 is 9.64 Å². The van der Waals surface area contributed by atoms with E-state index in [2.05, 4.69) is 16.0 Å². The number of ether oxygens (including phenoxy) is 1. The molecule has 0 amide bonds. The zero-order valence-electron chi connectivity index (χ0n) is 14.8. The van der Waals surface area contributed by atoms with E-state index in [4.69, 9.17) is 4.74 Å². The average Bonchev–Trinajstić information content (AvgIpc) is 2.69. The number of rotatable bonds is 4.